The van der Waals surface area contributed by atoms with Gasteiger partial charge >= 0.3 is 0 Å². The number of carbonyl (C=O) groups excluding carboxylic acids is 1. The predicted octanol–water partition coefficient (Wildman–Crippen LogP) is 4.02. The Hall–Kier alpha value is -2.95. The molecule has 1 aromatic heterocycles. The van der Waals surface area contributed by atoms with E-state index in [0.717, 1.165) is 35.7 Å². The van der Waals surface area contributed by atoms with E-state index >= 15 is 0 Å². The first-order valence-corrected chi connectivity index (χ1v) is 11.2. The molecule has 0 aliphatic heterocycles. The van der Waals surface area contributed by atoms with Gasteiger partial charge in [-0.1, -0.05) is 69.3 Å². The van der Waals surface area contributed by atoms with Crippen molar-refractivity contribution in [3.8, 4) is 0 Å². The molecule has 1 aromatic carbocycles. The molecule has 0 saturated heterocycles. The summed E-state index contributed by atoms with van der Waals surface area (Å²) in [4.78, 5) is 21.9. The summed E-state index contributed by atoms with van der Waals surface area (Å²) in [6.07, 6.45) is 11.1. The number of hydrogen-bond donors (Lipinski definition) is 2. The fourth-order valence-corrected chi connectivity index (χ4v) is 5.25. The molecule has 2 aromatic rings. The summed E-state index contributed by atoms with van der Waals surface area (Å²) in [7, 11) is 0. The van der Waals surface area contributed by atoms with Gasteiger partial charge in [-0.05, 0) is 34.8 Å². The van der Waals surface area contributed by atoms with Crippen molar-refractivity contribution in [1.29, 1.82) is 0 Å². The molecule has 2 bridgehead atoms. The van der Waals surface area contributed by atoms with Crippen molar-refractivity contribution in [2.75, 3.05) is 5.32 Å². The van der Waals surface area contributed by atoms with Crippen molar-refractivity contribution >= 4 is 17.8 Å². The van der Waals surface area contributed by atoms with Crippen molar-refractivity contribution in [2.24, 2.45) is 23.5 Å². The molecule has 3 aliphatic carbocycles. The van der Waals surface area contributed by atoms with Crippen molar-refractivity contribution < 1.29 is 4.79 Å². The predicted molar refractivity (Wildman–Crippen MR) is 124 cm³/mol. The van der Waals surface area contributed by atoms with Gasteiger partial charge in [0.1, 0.15) is 11.6 Å². The van der Waals surface area contributed by atoms with Crippen molar-refractivity contribution in [3.63, 3.8) is 0 Å². The summed E-state index contributed by atoms with van der Waals surface area (Å²) >= 11 is 0. The van der Waals surface area contributed by atoms with E-state index < -0.39 is 0 Å². The number of nitrogens with one attached hydrogen (secondary N) is 1. The molecule has 0 radical (unpaired) electrons. The monoisotopic (exact) mass is 414 g/mol. The lowest BCUT2D eigenvalue weighted by Gasteiger charge is -2.28. The van der Waals surface area contributed by atoms with Gasteiger partial charge in [0.2, 0.25) is 5.91 Å². The quantitative estimate of drug-likeness (QED) is 0.724. The Morgan fingerprint density at radius 2 is 1.87 bits per heavy atom. The van der Waals surface area contributed by atoms with E-state index in [9.17, 15) is 4.79 Å². The maximum atomic E-state index is 12.1. The third-order valence-corrected chi connectivity index (χ3v) is 6.94. The minimum atomic E-state index is -0.227. The second-order valence-corrected chi connectivity index (χ2v) is 10.1. The Morgan fingerprint density at radius 3 is 2.58 bits per heavy atom. The second-order valence-electron chi connectivity index (χ2n) is 10.1. The Bertz CT molecular complexity index is 1080. The number of hydrogen-bond acceptors (Lipinski definition) is 4. The van der Waals surface area contributed by atoms with Gasteiger partial charge in [0, 0.05) is 24.4 Å². The van der Waals surface area contributed by atoms with Gasteiger partial charge in [-0.2, -0.15) is 0 Å². The molecule has 3 aliphatic rings. The fourth-order valence-electron chi connectivity index (χ4n) is 5.25. The zero-order valence-corrected chi connectivity index (χ0v) is 18.4. The maximum Gasteiger partial charge on any atom is 0.223 e. The molecular formula is C26H30N4O. The van der Waals surface area contributed by atoms with Gasteiger partial charge in [0.15, 0.2) is 0 Å². The number of carbonyl (C=O) groups is 1. The van der Waals surface area contributed by atoms with Gasteiger partial charge in [-0.3, -0.25) is 4.79 Å². The van der Waals surface area contributed by atoms with E-state index in [2.05, 4.69) is 74.7 Å². The minimum absolute atomic E-state index is 0.000538. The van der Waals surface area contributed by atoms with Crippen LogP contribution in [-0.2, 0) is 23.1 Å². The number of allylic oxidation sites excluding steroid dienone is 2. The minimum Gasteiger partial charge on any atom is -0.369 e. The first kappa shape index (κ1) is 20.0. The Labute approximate surface area is 183 Å². The number of benzene rings is 1. The summed E-state index contributed by atoms with van der Waals surface area (Å²) in [5, 5.41) is 3.60. The number of aromatic nitrogens is 2. The van der Waals surface area contributed by atoms with Gasteiger partial charge in [-0.25, -0.2) is 9.97 Å². The van der Waals surface area contributed by atoms with Crippen LogP contribution >= 0.6 is 0 Å². The van der Waals surface area contributed by atoms with E-state index in [4.69, 9.17) is 15.7 Å². The number of nitrogens with zero attached hydrogens (tertiary/aromatic N) is 2. The summed E-state index contributed by atoms with van der Waals surface area (Å²) in [6.45, 7) is 6.67. The number of rotatable bonds is 5. The van der Waals surface area contributed by atoms with Crippen LogP contribution in [0.4, 0.5) is 5.82 Å². The average molecular weight is 415 g/mol. The number of primary amides is 1. The van der Waals surface area contributed by atoms with Gasteiger partial charge < -0.3 is 11.1 Å². The lowest BCUT2D eigenvalue weighted by Crippen LogP contribution is -2.41. The van der Waals surface area contributed by atoms with Crippen molar-refractivity contribution in [1.82, 2.24) is 9.97 Å². The standard InChI is InChI=1S/C26H30N4O/c1-26(2,3)18-11-7-15(8-12-18)13-21-28-20-6-4-5-19(20)25(29-21)30-23-17-10-9-16(14-17)22(23)24(27)31/h4-5,7-12,16-17,22-23H,6,13-14H2,1-3H3,(H2,27,31)(H,28,29,30). The highest BCUT2D eigenvalue weighted by Gasteiger charge is 2.47. The van der Waals surface area contributed by atoms with Crippen molar-refractivity contribution in [3.05, 3.63) is 70.7 Å². The molecule has 5 rings (SSSR count). The lowest BCUT2D eigenvalue weighted by atomic mass is 9.86. The molecule has 4 unspecified atom stereocenters. The lowest BCUT2D eigenvalue weighted by molar-refractivity contribution is -0.122. The average Bonchev–Trinajstić information content (AvgIpc) is 3.43. The van der Waals surface area contributed by atoms with Crippen LogP contribution in [0.25, 0.3) is 6.08 Å². The Balaban J connectivity index is 1.42. The van der Waals surface area contributed by atoms with Crippen LogP contribution in [0.5, 0.6) is 0 Å². The smallest absolute Gasteiger partial charge is 0.223 e. The first-order chi connectivity index (χ1) is 14.8. The van der Waals surface area contributed by atoms with Crippen LogP contribution in [0.2, 0.25) is 0 Å². The van der Waals surface area contributed by atoms with Crippen LogP contribution in [0.3, 0.4) is 0 Å². The number of fused-ring (bicyclic) bond motifs is 3. The highest BCUT2D eigenvalue weighted by atomic mass is 16.1. The number of anilines is 1. The molecule has 1 saturated carbocycles. The Kier molecular flexibility index (Phi) is 4.72. The molecule has 1 amide bonds. The zero-order valence-electron chi connectivity index (χ0n) is 18.4. The van der Waals surface area contributed by atoms with E-state index in [-0.39, 0.29) is 29.2 Å². The molecule has 5 heteroatoms. The molecule has 31 heavy (non-hydrogen) atoms. The zero-order chi connectivity index (χ0) is 21.8. The first-order valence-electron chi connectivity index (χ1n) is 11.2. The van der Waals surface area contributed by atoms with Gasteiger partial charge in [-0.15, -0.1) is 0 Å². The molecule has 160 valence electrons. The van der Waals surface area contributed by atoms with Crippen LogP contribution < -0.4 is 11.1 Å². The highest BCUT2D eigenvalue weighted by molar-refractivity contribution is 5.80. The number of amides is 1. The maximum absolute atomic E-state index is 12.1. The van der Waals surface area contributed by atoms with E-state index in [0.29, 0.717) is 12.3 Å². The summed E-state index contributed by atoms with van der Waals surface area (Å²) in [6, 6.07) is 8.74. The second kappa shape index (κ2) is 7.33. The fraction of sp³-hybridized carbons (Fsp3) is 0.423. The van der Waals surface area contributed by atoms with Crippen LogP contribution in [0.15, 0.2) is 42.5 Å². The van der Waals surface area contributed by atoms with E-state index in [1.165, 1.54) is 11.1 Å². The molecule has 5 nitrogen and oxygen atoms in total. The summed E-state index contributed by atoms with van der Waals surface area (Å²) in [5.74, 6) is 1.80. The molecule has 1 heterocycles. The van der Waals surface area contributed by atoms with Gasteiger partial charge in [0.05, 0.1) is 11.6 Å². The molecule has 0 spiro atoms. The highest BCUT2D eigenvalue weighted by Crippen LogP contribution is 2.45. The van der Waals surface area contributed by atoms with E-state index in [1.807, 2.05) is 0 Å². The third kappa shape index (κ3) is 3.67. The van der Waals surface area contributed by atoms with Gasteiger partial charge in [0.25, 0.3) is 0 Å². The van der Waals surface area contributed by atoms with E-state index in [1.54, 1.807) is 0 Å². The molecule has 1 fully saturated rings. The summed E-state index contributed by atoms with van der Waals surface area (Å²) < 4.78 is 0. The largest absolute Gasteiger partial charge is 0.369 e. The Morgan fingerprint density at radius 1 is 1.13 bits per heavy atom. The van der Waals surface area contributed by atoms with Crippen molar-refractivity contribution in [2.45, 2.75) is 51.5 Å². The van der Waals surface area contributed by atoms with Crippen LogP contribution in [0.1, 0.15) is 55.4 Å². The molecule has 3 N–H and O–H groups in total. The molecular weight excluding hydrogens is 384 g/mol. The summed E-state index contributed by atoms with van der Waals surface area (Å²) in [5.41, 5.74) is 10.5. The number of nitrogens with two attached hydrogens (primary N) is 1. The van der Waals surface area contributed by atoms with Crippen LogP contribution in [-0.4, -0.2) is 21.9 Å². The van der Waals surface area contributed by atoms with Crippen LogP contribution in [0, 0.1) is 17.8 Å². The topological polar surface area (TPSA) is 80.9 Å². The normalized spacial score (nSPS) is 25.8. The SMILES string of the molecule is CC(C)(C)c1ccc(Cc2nc3c(c(NC4C5C=CC(C5)C4C(N)=O)n2)C=CC3)cc1. The molecule has 4 atom stereocenters. The third-order valence-electron chi connectivity index (χ3n) is 6.94.